The number of piperidine rings is 1. The molecule has 2 N–H and O–H groups in total. The Balaban J connectivity index is 1.53. The molecular weight excluding hydrogens is 422 g/mol. The standard InChI is InChI=1S/C18H19F4N7O2/c19-16(20)31-15-14(23)24-5-12(25-15)11-4-13(28-2-1-18(21,22)8-28)27-17(26-11)29-6-9-3-10(7-29)30-9/h4-5,9-10,16H,1-3,6-8H2,(H2,23,24). The summed E-state index contributed by atoms with van der Waals surface area (Å²) in [6, 6.07) is 1.48. The van der Waals surface area contributed by atoms with Gasteiger partial charge in [0, 0.05) is 38.5 Å². The molecule has 166 valence electrons. The van der Waals surface area contributed by atoms with Crippen LogP contribution in [-0.2, 0) is 4.74 Å². The fraction of sp³-hybridized carbons (Fsp3) is 0.556. The lowest BCUT2D eigenvalue weighted by Crippen LogP contribution is -2.57. The highest BCUT2D eigenvalue weighted by atomic mass is 19.3. The highest BCUT2D eigenvalue weighted by Crippen LogP contribution is 2.35. The van der Waals surface area contributed by atoms with Crippen molar-refractivity contribution in [1.29, 1.82) is 0 Å². The summed E-state index contributed by atoms with van der Waals surface area (Å²) in [5.41, 5.74) is 5.91. The van der Waals surface area contributed by atoms with Crippen molar-refractivity contribution in [2.45, 2.75) is 37.6 Å². The van der Waals surface area contributed by atoms with Crippen molar-refractivity contribution in [3.05, 3.63) is 12.3 Å². The van der Waals surface area contributed by atoms with Crippen LogP contribution in [0.2, 0.25) is 0 Å². The van der Waals surface area contributed by atoms with Crippen LogP contribution in [0.1, 0.15) is 12.8 Å². The van der Waals surface area contributed by atoms with Crippen molar-refractivity contribution in [3.63, 3.8) is 0 Å². The molecule has 2 atom stereocenters. The lowest BCUT2D eigenvalue weighted by Gasteiger charge is -2.47. The fourth-order valence-electron chi connectivity index (χ4n) is 3.98. The molecule has 0 aliphatic carbocycles. The van der Waals surface area contributed by atoms with Gasteiger partial charge in [-0.3, -0.25) is 0 Å². The molecule has 2 aromatic rings. The second kappa shape index (κ2) is 7.32. The monoisotopic (exact) mass is 441 g/mol. The van der Waals surface area contributed by atoms with Crippen LogP contribution in [0.3, 0.4) is 0 Å². The molecule has 6 heterocycles. The Bertz CT molecular complexity index is 959. The Morgan fingerprint density at radius 3 is 2.52 bits per heavy atom. The van der Waals surface area contributed by atoms with E-state index in [4.69, 9.17) is 10.5 Å². The van der Waals surface area contributed by atoms with Crippen LogP contribution in [0.5, 0.6) is 5.88 Å². The molecule has 0 amide bonds. The number of alkyl halides is 4. The minimum Gasteiger partial charge on any atom is -0.413 e. The van der Waals surface area contributed by atoms with Gasteiger partial charge in [-0.1, -0.05) is 0 Å². The molecule has 0 saturated carbocycles. The van der Waals surface area contributed by atoms with Crippen molar-refractivity contribution < 1.29 is 27.0 Å². The van der Waals surface area contributed by atoms with Gasteiger partial charge in [0.05, 0.1) is 30.6 Å². The van der Waals surface area contributed by atoms with Crippen LogP contribution < -0.4 is 20.3 Å². The number of aromatic nitrogens is 4. The molecule has 2 unspecified atom stereocenters. The summed E-state index contributed by atoms with van der Waals surface area (Å²) in [5, 5.41) is 0. The van der Waals surface area contributed by atoms with Crippen LogP contribution in [0.25, 0.3) is 11.4 Å². The Labute approximate surface area is 174 Å². The van der Waals surface area contributed by atoms with Gasteiger partial charge in [0.15, 0.2) is 5.82 Å². The molecule has 0 aromatic carbocycles. The van der Waals surface area contributed by atoms with Crippen molar-refractivity contribution >= 4 is 17.6 Å². The first kappa shape index (κ1) is 20.0. The van der Waals surface area contributed by atoms with E-state index >= 15 is 0 Å². The highest BCUT2D eigenvalue weighted by Gasteiger charge is 2.41. The Morgan fingerprint density at radius 1 is 1.13 bits per heavy atom. The summed E-state index contributed by atoms with van der Waals surface area (Å²) in [4.78, 5) is 20.2. The zero-order chi connectivity index (χ0) is 21.8. The van der Waals surface area contributed by atoms with Crippen molar-refractivity contribution in [2.75, 3.05) is 41.7 Å². The summed E-state index contributed by atoms with van der Waals surface area (Å²) >= 11 is 0. The first-order chi connectivity index (χ1) is 14.8. The SMILES string of the molecule is Nc1ncc(-c2cc(N3CCC(F)(F)C3)nc(N3CC4CC(C3)O4)n2)nc1OC(F)F. The number of hydrogen-bond donors (Lipinski definition) is 1. The maximum absolute atomic E-state index is 13.8. The van der Waals surface area contributed by atoms with E-state index in [2.05, 4.69) is 24.7 Å². The Morgan fingerprint density at radius 2 is 1.87 bits per heavy atom. The van der Waals surface area contributed by atoms with Gasteiger partial charge in [-0.2, -0.15) is 13.8 Å². The second-order valence-electron chi connectivity index (χ2n) is 7.78. The average molecular weight is 441 g/mol. The predicted octanol–water partition coefficient (Wildman–Crippen LogP) is 1.94. The molecule has 13 heteroatoms. The van der Waals surface area contributed by atoms with Crippen molar-refractivity contribution in [1.82, 2.24) is 19.9 Å². The third kappa shape index (κ3) is 4.01. The quantitative estimate of drug-likeness (QED) is 0.698. The lowest BCUT2D eigenvalue weighted by atomic mass is 9.99. The van der Waals surface area contributed by atoms with Gasteiger partial charge in [0.25, 0.3) is 11.8 Å². The maximum Gasteiger partial charge on any atom is 0.388 e. The van der Waals surface area contributed by atoms with Gasteiger partial charge in [0.1, 0.15) is 11.5 Å². The van der Waals surface area contributed by atoms with Gasteiger partial charge in [-0.15, -0.1) is 0 Å². The van der Waals surface area contributed by atoms with Gasteiger partial charge in [0.2, 0.25) is 5.95 Å². The van der Waals surface area contributed by atoms with Crippen molar-refractivity contribution in [2.24, 2.45) is 0 Å². The molecule has 2 aromatic heterocycles. The van der Waals surface area contributed by atoms with Crippen LogP contribution in [-0.4, -0.2) is 70.9 Å². The van der Waals surface area contributed by atoms with E-state index in [-0.39, 0.29) is 42.4 Å². The number of nitrogens with two attached hydrogens (primary N) is 1. The van der Waals surface area contributed by atoms with E-state index in [1.807, 2.05) is 4.90 Å². The third-order valence-electron chi connectivity index (χ3n) is 5.47. The number of rotatable bonds is 5. The van der Waals surface area contributed by atoms with E-state index in [0.29, 0.717) is 24.9 Å². The summed E-state index contributed by atoms with van der Waals surface area (Å²) < 4.78 is 62.9. The molecule has 0 spiro atoms. The number of morpholine rings is 1. The maximum atomic E-state index is 13.8. The number of hydrogen-bond acceptors (Lipinski definition) is 9. The molecule has 4 aliphatic heterocycles. The number of fused-ring (bicyclic) bond motifs is 2. The third-order valence-corrected chi connectivity index (χ3v) is 5.47. The van der Waals surface area contributed by atoms with Crippen LogP contribution >= 0.6 is 0 Å². The summed E-state index contributed by atoms with van der Waals surface area (Å²) in [6.45, 7) is -2.32. The molecule has 2 bridgehead atoms. The van der Waals surface area contributed by atoms with E-state index < -0.39 is 25.0 Å². The topological polar surface area (TPSA) is 103 Å². The molecule has 31 heavy (non-hydrogen) atoms. The summed E-state index contributed by atoms with van der Waals surface area (Å²) in [6.07, 6.45) is 2.09. The first-order valence-corrected chi connectivity index (χ1v) is 9.76. The smallest absolute Gasteiger partial charge is 0.388 e. The number of nitrogens with zero attached hydrogens (tertiary/aromatic N) is 6. The zero-order valence-electron chi connectivity index (χ0n) is 16.2. The molecule has 6 rings (SSSR count). The Hall–Kier alpha value is -2.96. The first-order valence-electron chi connectivity index (χ1n) is 9.76. The van der Waals surface area contributed by atoms with E-state index in [0.717, 1.165) is 6.42 Å². The molecule has 4 saturated heterocycles. The fourth-order valence-corrected chi connectivity index (χ4v) is 3.98. The largest absolute Gasteiger partial charge is 0.413 e. The Kier molecular flexibility index (Phi) is 4.72. The number of ether oxygens (including phenoxy) is 2. The van der Waals surface area contributed by atoms with E-state index in [1.54, 1.807) is 0 Å². The molecule has 9 nitrogen and oxygen atoms in total. The lowest BCUT2D eigenvalue weighted by molar-refractivity contribution is -0.133. The second-order valence-corrected chi connectivity index (χ2v) is 7.78. The molecule has 4 fully saturated rings. The van der Waals surface area contributed by atoms with Gasteiger partial charge < -0.3 is 25.0 Å². The van der Waals surface area contributed by atoms with E-state index in [1.165, 1.54) is 17.2 Å². The van der Waals surface area contributed by atoms with Gasteiger partial charge in [-0.05, 0) is 0 Å². The summed E-state index contributed by atoms with van der Waals surface area (Å²) in [5.74, 6) is -3.02. The van der Waals surface area contributed by atoms with Gasteiger partial charge >= 0.3 is 6.61 Å². The summed E-state index contributed by atoms with van der Waals surface area (Å²) in [7, 11) is 0. The molecule has 4 aliphatic rings. The van der Waals surface area contributed by atoms with Crippen molar-refractivity contribution in [3.8, 4) is 17.3 Å². The number of halogens is 4. The number of anilines is 3. The molecule has 0 radical (unpaired) electrons. The van der Waals surface area contributed by atoms with Crippen LogP contribution in [0.15, 0.2) is 12.3 Å². The normalized spacial score (nSPS) is 24.4. The minimum atomic E-state index is -3.13. The van der Waals surface area contributed by atoms with Crippen LogP contribution in [0, 0.1) is 0 Å². The van der Waals surface area contributed by atoms with E-state index in [9.17, 15) is 17.6 Å². The number of nitrogen functional groups attached to an aromatic ring is 1. The minimum absolute atomic E-state index is 0.0768. The van der Waals surface area contributed by atoms with Crippen LogP contribution in [0.4, 0.5) is 35.1 Å². The zero-order valence-corrected chi connectivity index (χ0v) is 16.2. The van der Waals surface area contributed by atoms with Gasteiger partial charge in [-0.25, -0.2) is 23.7 Å². The highest BCUT2D eigenvalue weighted by molar-refractivity contribution is 5.63. The molecular formula is C18H19F4N7O2. The average Bonchev–Trinajstić information content (AvgIpc) is 3.08. The predicted molar refractivity (Wildman–Crippen MR) is 101 cm³/mol.